The number of carbonyl (C=O) groups is 2. The van der Waals surface area contributed by atoms with Crippen molar-refractivity contribution in [2.45, 2.75) is 70.6 Å². The maximum Gasteiger partial charge on any atom is 0.407 e. The molecule has 1 aromatic carbocycles. The first kappa shape index (κ1) is 20.6. The molecule has 3 rings (SSSR count). The highest BCUT2D eigenvalue weighted by Crippen LogP contribution is 2.40. The van der Waals surface area contributed by atoms with Crippen molar-refractivity contribution in [3.63, 3.8) is 0 Å². The van der Waals surface area contributed by atoms with Crippen LogP contribution in [0.4, 0.5) is 4.79 Å². The SMILES string of the molecule is CC(C)(C)OC(=O)NCc1ccc(C(=O)N2CC[C@@]3(O)CCCC[C@H]3C2)cc1. The topological polar surface area (TPSA) is 78.9 Å². The number of nitrogens with one attached hydrogen (secondary N) is 1. The van der Waals surface area contributed by atoms with Gasteiger partial charge in [-0.15, -0.1) is 0 Å². The van der Waals surface area contributed by atoms with Crippen LogP contribution in [0.1, 0.15) is 68.8 Å². The molecule has 2 aliphatic rings. The first-order valence-corrected chi connectivity index (χ1v) is 10.2. The van der Waals surface area contributed by atoms with Gasteiger partial charge in [-0.3, -0.25) is 4.79 Å². The summed E-state index contributed by atoms with van der Waals surface area (Å²) in [6, 6.07) is 7.31. The fraction of sp³-hybridized carbons (Fsp3) is 0.636. The van der Waals surface area contributed by atoms with Crippen molar-refractivity contribution in [2.75, 3.05) is 13.1 Å². The van der Waals surface area contributed by atoms with E-state index in [1.54, 1.807) is 12.1 Å². The molecule has 2 N–H and O–H groups in total. The van der Waals surface area contributed by atoms with E-state index in [0.717, 1.165) is 31.2 Å². The van der Waals surface area contributed by atoms with Gasteiger partial charge in [0.1, 0.15) is 5.60 Å². The number of benzene rings is 1. The van der Waals surface area contributed by atoms with E-state index in [-0.39, 0.29) is 11.8 Å². The Labute approximate surface area is 167 Å². The van der Waals surface area contributed by atoms with Crippen LogP contribution in [0.2, 0.25) is 0 Å². The van der Waals surface area contributed by atoms with Crippen LogP contribution < -0.4 is 5.32 Å². The Morgan fingerprint density at radius 3 is 2.61 bits per heavy atom. The Kier molecular flexibility index (Phi) is 5.98. The number of carbonyl (C=O) groups excluding carboxylic acids is 2. The summed E-state index contributed by atoms with van der Waals surface area (Å²) in [7, 11) is 0. The predicted octanol–water partition coefficient (Wildman–Crippen LogP) is 3.48. The second kappa shape index (κ2) is 8.11. The molecule has 1 aliphatic heterocycles. The Morgan fingerprint density at radius 2 is 1.93 bits per heavy atom. The second-order valence-corrected chi connectivity index (χ2v) is 9.10. The van der Waals surface area contributed by atoms with E-state index in [1.807, 2.05) is 37.8 Å². The number of amides is 2. The quantitative estimate of drug-likeness (QED) is 0.831. The van der Waals surface area contributed by atoms with Crippen LogP contribution in [0.5, 0.6) is 0 Å². The van der Waals surface area contributed by atoms with Crippen LogP contribution in [0.15, 0.2) is 24.3 Å². The number of rotatable bonds is 3. The van der Waals surface area contributed by atoms with Gasteiger partial charge in [0.05, 0.1) is 5.60 Å². The summed E-state index contributed by atoms with van der Waals surface area (Å²) in [5.41, 5.74) is 0.441. The minimum absolute atomic E-state index is 0.0132. The van der Waals surface area contributed by atoms with Crippen molar-refractivity contribution in [3.8, 4) is 0 Å². The van der Waals surface area contributed by atoms with Crippen molar-refractivity contribution in [1.82, 2.24) is 10.2 Å². The molecule has 2 atom stereocenters. The third-order valence-electron chi connectivity index (χ3n) is 5.75. The fourth-order valence-corrected chi connectivity index (χ4v) is 4.19. The average Bonchev–Trinajstić information content (AvgIpc) is 2.64. The van der Waals surface area contributed by atoms with E-state index in [4.69, 9.17) is 4.74 Å². The van der Waals surface area contributed by atoms with Gasteiger partial charge in [0.15, 0.2) is 0 Å². The Hall–Kier alpha value is -2.08. The second-order valence-electron chi connectivity index (χ2n) is 9.10. The molecule has 0 bridgehead atoms. The number of ether oxygens (including phenoxy) is 1. The van der Waals surface area contributed by atoms with Gasteiger partial charge in [-0.05, 0) is 57.7 Å². The molecule has 1 saturated heterocycles. The molecule has 1 heterocycles. The lowest BCUT2D eigenvalue weighted by molar-refractivity contribution is -0.0886. The van der Waals surface area contributed by atoms with Gasteiger partial charge in [0, 0.05) is 31.1 Å². The number of likely N-dealkylation sites (tertiary alicyclic amines) is 1. The Morgan fingerprint density at radius 1 is 1.21 bits per heavy atom. The van der Waals surface area contributed by atoms with Crippen LogP contribution in [0, 0.1) is 5.92 Å². The van der Waals surface area contributed by atoms with Gasteiger partial charge < -0.3 is 20.1 Å². The van der Waals surface area contributed by atoms with Crippen molar-refractivity contribution in [1.29, 1.82) is 0 Å². The highest BCUT2D eigenvalue weighted by atomic mass is 16.6. The molecular formula is C22H32N2O4. The molecule has 2 amide bonds. The lowest BCUT2D eigenvalue weighted by Crippen LogP contribution is -2.54. The van der Waals surface area contributed by atoms with Crippen LogP contribution in [-0.4, -0.2) is 46.3 Å². The molecule has 1 saturated carbocycles. The van der Waals surface area contributed by atoms with Crippen molar-refractivity contribution in [2.24, 2.45) is 5.92 Å². The highest BCUT2D eigenvalue weighted by molar-refractivity contribution is 5.94. The van der Waals surface area contributed by atoms with E-state index in [9.17, 15) is 14.7 Å². The van der Waals surface area contributed by atoms with Crippen LogP contribution in [0.3, 0.4) is 0 Å². The zero-order valence-electron chi connectivity index (χ0n) is 17.2. The predicted molar refractivity (Wildman–Crippen MR) is 107 cm³/mol. The molecule has 0 spiro atoms. The molecule has 154 valence electrons. The fourth-order valence-electron chi connectivity index (χ4n) is 4.19. The molecule has 0 unspecified atom stereocenters. The van der Waals surface area contributed by atoms with E-state index >= 15 is 0 Å². The summed E-state index contributed by atoms with van der Waals surface area (Å²) in [6.07, 6.45) is 4.28. The molecule has 6 heteroatoms. The number of piperidine rings is 1. The number of nitrogens with zero attached hydrogens (tertiary/aromatic N) is 1. The summed E-state index contributed by atoms with van der Waals surface area (Å²) >= 11 is 0. The van der Waals surface area contributed by atoms with Crippen molar-refractivity contribution < 1.29 is 19.4 Å². The van der Waals surface area contributed by atoms with Crippen molar-refractivity contribution in [3.05, 3.63) is 35.4 Å². The largest absolute Gasteiger partial charge is 0.444 e. The minimum atomic E-state index is -0.577. The van der Waals surface area contributed by atoms with Gasteiger partial charge in [0.25, 0.3) is 5.91 Å². The first-order valence-electron chi connectivity index (χ1n) is 10.2. The van der Waals surface area contributed by atoms with Crippen LogP contribution in [0.25, 0.3) is 0 Å². The molecule has 1 aromatic rings. The maximum atomic E-state index is 12.9. The van der Waals surface area contributed by atoms with Gasteiger partial charge in [-0.25, -0.2) is 4.79 Å². The van der Waals surface area contributed by atoms with Gasteiger partial charge in [-0.1, -0.05) is 25.0 Å². The first-order chi connectivity index (χ1) is 13.2. The monoisotopic (exact) mass is 388 g/mol. The van der Waals surface area contributed by atoms with Crippen LogP contribution >= 0.6 is 0 Å². The Bertz CT molecular complexity index is 710. The lowest BCUT2D eigenvalue weighted by atomic mass is 9.71. The zero-order valence-corrected chi connectivity index (χ0v) is 17.2. The molecular weight excluding hydrogens is 356 g/mol. The van der Waals surface area contributed by atoms with E-state index in [0.29, 0.717) is 31.6 Å². The number of hydrogen-bond acceptors (Lipinski definition) is 4. The lowest BCUT2D eigenvalue weighted by Gasteiger charge is -2.47. The number of fused-ring (bicyclic) bond motifs is 1. The maximum absolute atomic E-state index is 12.9. The third kappa shape index (κ3) is 5.04. The number of hydrogen-bond donors (Lipinski definition) is 2. The van der Waals surface area contributed by atoms with Gasteiger partial charge in [0.2, 0.25) is 0 Å². The summed E-state index contributed by atoms with van der Waals surface area (Å²) in [5, 5.41) is 13.5. The number of alkyl carbamates (subject to hydrolysis) is 1. The number of aliphatic hydroxyl groups is 1. The summed E-state index contributed by atoms with van der Waals surface area (Å²) in [4.78, 5) is 26.5. The smallest absolute Gasteiger partial charge is 0.407 e. The summed E-state index contributed by atoms with van der Waals surface area (Å²) in [6.45, 7) is 7.05. The normalized spacial score (nSPS) is 25.0. The molecule has 1 aliphatic carbocycles. The molecule has 6 nitrogen and oxygen atoms in total. The highest BCUT2D eigenvalue weighted by Gasteiger charge is 2.43. The molecule has 2 fully saturated rings. The summed E-state index contributed by atoms with van der Waals surface area (Å²) < 4.78 is 5.22. The van der Waals surface area contributed by atoms with Crippen LogP contribution in [-0.2, 0) is 11.3 Å². The summed E-state index contributed by atoms with van der Waals surface area (Å²) in [5.74, 6) is 0.204. The van der Waals surface area contributed by atoms with E-state index in [1.165, 1.54) is 0 Å². The average molecular weight is 389 g/mol. The molecule has 0 aromatic heterocycles. The zero-order chi connectivity index (χ0) is 20.4. The van der Waals surface area contributed by atoms with Crippen molar-refractivity contribution >= 4 is 12.0 Å². The standard InChI is InChI=1S/C22H32N2O4/c1-21(2,3)28-20(26)23-14-16-7-9-17(10-8-16)19(25)24-13-12-22(27)11-5-4-6-18(22)15-24/h7-10,18,27H,4-6,11-15H2,1-3H3,(H,23,26)/t18-,22-/m0/s1. The van der Waals surface area contributed by atoms with Gasteiger partial charge in [-0.2, -0.15) is 0 Å². The molecule has 0 radical (unpaired) electrons. The third-order valence-corrected chi connectivity index (χ3v) is 5.75. The van der Waals surface area contributed by atoms with Gasteiger partial charge >= 0.3 is 6.09 Å². The minimum Gasteiger partial charge on any atom is -0.444 e. The Balaban J connectivity index is 1.54. The van der Waals surface area contributed by atoms with E-state index in [2.05, 4.69) is 5.32 Å². The molecule has 28 heavy (non-hydrogen) atoms. The van der Waals surface area contributed by atoms with E-state index < -0.39 is 17.3 Å².